The van der Waals surface area contributed by atoms with E-state index in [1.165, 1.54) is 10.4 Å². The summed E-state index contributed by atoms with van der Waals surface area (Å²) in [5.41, 5.74) is 3.89. The van der Waals surface area contributed by atoms with Crippen LogP contribution in [-0.4, -0.2) is 16.6 Å². The third-order valence-corrected chi connectivity index (χ3v) is 6.67. The number of thiophene rings is 1. The van der Waals surface area contributed by atoms with Gasteiger partial charge in [-0.1, -0.05) is 30.3 Å². The van der Waals surface area contributed by atoms with Gasteiger partial charge in [0.05, 0.1) is 16.5 Å². The van der Waals surface area contributed by atoms with Crippen LogP contribution in [-0.2, 0) is 19.5 Å². The molecule has 2 aromatic carbocycles. The van der Waals surface area contributed by atoms with Crippen LogP contribution in [0.3, 0.4) is 0 Å². The van der Waals surface area contributed by atoms with Crippen molar-refractivity contribution in [1.82, 2.24) is 4.90 Å². The molecule has 5 heteroatoms. The smallest absolute Gasteiger partial charge is 0.200 e. The Kier molecular flexibility index (Phi) is 4.49. The molecule has 0 unspecified atom stereocenters. The van der Waals surface area contributed by atoms with Crippen LogP contribution in [0.5, 0.6) is 5.75 Å². The van der Waals surface area contributed by atoms with E-state index in [1.807, 2.05) is 37.3 Å². The van der Waals surface area contributed by atoms with Gasteiger partial charge in [-0.05, 0) is 48.1 Å². The molecular formula is C24H21NO3S. The van der Waals surface area contributed by atoms with Gasteiger partial charge in [0.25, 0.3) is 0 Å². The lowest BCUT2D eigenvalue weighted by atomic mass is 10.0. The van der Waals surface area contributed by atoms with Gasteiger partial charge in [0.1, 0.15) is 17.1 Å². The SMILES string of the molecule is Cc1oc2c(CN3CCc4sccc4C3)c(O)ccc2c(=O)c1-c1ccccc1. The van der Waals surface area contributed by atoms with Crippen molar-refractivity contribution in [2.75, 3.05) is 6.54 Å². The molecule has 1 aliphatic rings. The Morgan fingerprint density at radius 2 is 1.97 bits per heavy atom. The molecule has 4 aromatic rings. The lowest BCUT2D eigenvalue weighted by molar-refractivity contribution is 0.244. The van der Waals surface area contributed by atoms with Crippen molar-refractivity contribution in [3.05, 3.63) is 85.9 Å². The number of phenolic OH excluding ortho intramolecular Hbond substituents is 1. The quantitative estimate of drug-likeness (QED) is 0.517. The van der Waals surface area contributed by atoms with Crippen LogP contribution in [0.4, 0.5) is 0 Å². The fourth-order valence-corrected chi connectivity index (χ4v) is 5.06. The highest BCUT2D eigenvalue weighted by molar-refractivity contribution is 7.10. The number of hydrogen-bond donors (Lipinski definition) is 1. The number of hydrogen-bond acceptors (Lipinski definition) is 5. The second-order valence-electron chi connectivity index (χ2n) is 7.50. The predicted molar refractivity (Wildman–Crippen MR) is 116 cm³/mol. The first-order valence-corrected chi connectivity index (χ1v) is 10.6. The summed E-state index contributed by atoms with van der Waals surface area (Å²) in [7, 11) is 0. The first kappa shape index (κ1) is 18.2. The van der Waals surface area contributed by atoms with Crippen molar-refractivity contribution < 1.29 is 9.52 Å². The van der Waals surface area contributed by atoms with E-state index < -0.39 is 0 Å². The molecular weight excluding hydrogens is 382 g/mol. The average Bonchev–Trinajstić information content (AvgIpc) is 3.19. The van der Waals surface area contributed by atoms with Gasteiger partial charge in [0, 0.05) is 24.5 Å². The summed E-state index contributed by atoms with van der Waals surface area (Å²) in [5, 5.41) is 13.2. The third kappa shape index (κ3) is 3.16. The predicted octanol–water partition coefficient (Wildman–Crippen LogP) is 5.09. The van der Waals surface area contributed by atoms with Gasteiger partial charge in [-0.15, -0.1) is 11.3 Å². The molecule has 2 aromatic heterocycles. The van der Waals surface area contributed by atoms with E-state index in [9.17, 15) is 9.90 Å². The third-order valence-electron chi connectivity index (χ3n) is 5.65. The molecule has 0 aliphatic carbocycles. The van der Waals surface area contributed by atoms with Gasteiger partial charge in [-0.25, -0.2) is 0 Å². The second kappa shape index (κ2) is 7.17. The highest BCUT2D eigenvalue weighted by Gasteiger charge is 2.22. The molecule has 4 nitrogen and oxygen atoms in total. The zero-order valence-corrected chi connectivity index (χ0v) is 17.0. The molecule has 5 rings (SSSR count). The van der Waals surface area contributed by atoms with E-state index in [2.05, 4.69) is 16.3 Å². The summed E-state index contributed by atoms with van der Waals surface area (Å²) in [6, 6.07) is 15.0. The summed E-state index contributed by atoms with van der Waals surface area (Å²) < 4.78 is 6.15. The fraction of sp³-hybridized carbons (Fsp3) is 0.208. The molecule has 1 N–H and O–H groups in total. The van der Waals surface area contributed by atoms with E-state index in [1.54, 1.807) is 23.5 Å². The molecule has 0 amide bonds. The van der Waals surface area contributed by atoms with Crippen molar-refractivity contribution in [3.8, 4) is 16.9 Å². The maximum absolute atomic E-state index is 13.3. The summed E-state index contributed by atoms with van der Waals surface area (Å²) >= 11 is 1.81. The molecule has 0 saturated carbocycles. The summed E-state index contributed by atoms with van der Waals surface area (Å²) in [4.78, 5) is 17.0. The van der Waals surface area contributed by atoms with Crippen LogP contribution in [0.2, 0.25) is 0 Å². The van der Waals surface area contributed by atoms with Crippen molar-refractivity contribution >= 4 is 22.3 Å². The minimum Gasteiger partial charge on any atom is -0.507 e. The Labute approximate surface area is 172 Å². The number of aryl methyl sites for hydroxylation is 1. The molecule has 0 atom stereocenters. The fourth-order valence-electron chi connectivity index (χ4n) is 4.17. The van der Waals surface area contributed by atoms with Crippen LogP contribution in [0.1, 0.15) is 21.8 Å². The van der Waals surface area contributed by atoms with Gasteiger partial charge in [-0.3, -0.25) is 9.69 Å². The molecule has 1 aliphatic heterocycles. The molecule has 0 saturated heterocycles. The zero-order valence-electron chi connectivity index (χ0n) is 16.1. The largest absolute Gasteiger partial charge is 0.507 e. The number of rotatable bonds is 3. The van der Waals surface area contributed by atoms with Crippen molar-refractivity contribution in [3.63, 3.8) is 0 Å². The summed E-state index contributed by atoms with van der Waals surface area (Å²) in [6.45, 7) is 4.13. The number of benzene rings is 2. The van der Waals surface area contributed by atoms with Gasteiger partial charge >= 0.3 is 0 Å². The average molecular weight is 404 g/mol. The molecule has 0 bridgehead atoms. The summed E-state index contributed by atoms with van der Waals surface area (Å²) in [5.74, 6) is 0.739. The van der Waals surface area contributed by atoms with E-state index in [0.29, 0.717) is 34.4 Å². The number of fused-ring (bicyclic) bond motifs is 2. The Bertz CT molecular complexity index is 1260. The second-order valence-corrected chi connectivity index (χ2v) is 8.50. The van der Waals surface area contributed by atoms with E-state index in [0.717, 1.165) is 25.1 Å². The van der Waals surface area contributed by atoms with Crippen LogP contribution >= 0.6 is 11.3 Å². The molecule has 146 valence electrons. The highest BCUT2D eigenvalue weighted by Crippen LogP contribution is 2.32. The first-order chi connectivity index (χ1) is 14.1. The van der Waals surface area contributed by atoms with Crippen LogP contribution in [0.25, 0.3) is 22.1 Å². The lowest BCUT2D eigenvalue weighted by Crippen LogP contribution is -2.29. The molecule has 0 radical (unpaired) electrons. The normalized spacial score (nSPS) is 14.2. The van der Waals surface area contributed by atoms with Crippen molar-refractivity contribution in [2.45, 2.75) is 26.4 Å². The Balaban J connectivity index is 1.60. The summed E-state index contributed by atoms with van der Waals surface area (Å²) in [6.07, 6.45) is 1.01. The lowest BCUT2D eigenvalue weighted by Gasteiger charge is -2.27. The van der Waals surface area contributed by atoms with Crippen LogP contribution in [0, 0.1) is 6.92 Å². The van der Waals surface area contributed by atoms with E-state index >= 15 is 0 Å². The van der Waals surface area contributed by atoms with Crippen molar-refractivity contribution in [2.24, 2.45) is 0 Å². The molecule has 3 heterocycles. The maximum atomic E-state index is 13.3. The van der Waals surface area contributed by atoms with E-state index in [-0.39, 0.29) is 11.2 Å². The first-order valence-electron chi connectivity index (χ1n) is 9.73. The minimum atomic E-state index is -0.0602. The topological polar surface area (TPSA) is 53.7 Å². The number of phenols is 1. The molecule has 0 fully saturated rings. The monoisotopic (exact) mass is 403 g/mol. The minimum absolute atomic E-state index is 0.0602. The van der Waals surface area contributed by atoms with Gasteiger partial charge in [0.2, 0.25) is 5.43 Å². The molecule has 0 spiro atoms. The Morgan fingerprint density at radius 3 is 2.79 bits per heavy atom. The van der Waals surface area contributed by atoms with E-state index in [4.69, 9.17) is 4.42 Å². The van der Waals surface area contributed by atoms with Crippen LogP contribution in [0.15, 0.2) is 63.1 Å². The van der Waals surface area contributed by atoms with Crippen molar-refractivity contribution in [1.29, 1.82) is 0 Å². The highest BCUT2D eigenvalue weighted by atomic mass is 32.1. The van der Waals surface area contributed by atoms with Gasteiger partial charge in [-0.2, -0.15) is 0 Å². The van der Waals surface area contributed by atoms with Crippen LogP contribution < -0.4 is 5.43 Å². The van der Waals surface area contributed by atoms with Gasteiger partial charge < -0.3 is 9.52 Å². The number of nitrogens with zero attached hydrogens (tertiary/aromatic N) is 1. The maximum Gasteiger partial charge on any atom is 0.200 e. The number of aromatic hydroxyl groups is 1. The zero-order chi connectivity index (χ0) is 20.0. The van der Waals surface area contributed by atoms with Gasteiger partial charge in [0.15, 0.2) is 0 Å². The molecule has 29 heavy (non-hydrogen) atoms. The Hall–Kier alpha value is -2.89. The standard InChI is InChI=1S/C24H21NO3S/c1-15-22(16-5-3-2-4-6-16)23(27)18-7-8-20(26)19(24(18)28-15)14-25-11-9-21-17(13-25)10-12-29-21/h2-8,10,12,26H,9,11,13-14H2,1H3. The Morgan fingerprint density at radius 1 is 1.14 bits per heavy atom.